The molecule has 2 bridgehead atoms. The topological polar surface area (TPSA) is 49.4 Å². The summed E-state index contributed by atoms with van der Waals surface area (Å²) in [4.78, 5) is 0.362. The summed E-state index contributed by atoms with van der Waals surface area (Å²) in [7, 11) is -1.73. The Kier molecular flexibility index (Phi) is 4.16. The molecule has 0 amide bonds. The summed E-state index contributed by atoms with van der Waals surface area (Å²) in [5.74, 6) is 0. The maximum Gasteiger partial charge on any atom is 0.244 e. The summed E-state index contributed by atoms with van der Waals surface area (Å²) < 4.78 is 28.0. The lowest BCUT2D eigenvalue weighted by atomic mass is 10.0. The van der Waals surface area contributed by atoms with Gasteiger partial charge in [-0.15, -0.1) is 0 Å². The molecule has 2 aliphatic rings. The van der Waals surface area contributed by atoms with Crippen molar-refractivity contribution in [3.05, 3.63) is 28.2 Å². The van der Waals surface area contributed by atoms with Crippen LogP contribution in [0.3, 0.4) is 0 Å². The van der Waals surface area contributed by atoms with Gasteiger partial charge in [0.2, 0.25) is 10.0 Å². The summed E-state index contributed by atoms with van der Waals surface area (Å²) in [6.45, 7) is 1.95. The summed E-state index contributed by atoms with van der Waals surface area (Å²) in [6.07, 6.45) is 4.16. The minimum atomic E-state index is -3.45. The normalized spacial score (nSPS) is 29.0. The molecule has 0 spiro atoms. The van der Waals surface area contributed by atoms with Crippen molar-refractivity contribution in [3.63, 3.8) is 0 Å². The van der Waals surface area contributed by atoms with Crippen LogP contribution in [0.15, 0.2) is 27.6 Å². The molecule has 2 unspecified atom stereocenters. The maximum absolute atomic E-state index is 12.9. The molecule has 1 aromatic rings. The molecule has 2 saturated heterocycles. The maximum atomic E-state index is 12.9. The standard InChI is InChI=1S/C15H21BrN2O2S/c1-10-3-6-15(14(16)7-10)21(19,20)18(2)13-8-11-4-5-12(9-13)17-11/h3,6-7,11-13,17H,4-5,8-9H2,1-2H3. The molecular formula is C15H21BrN2O2S. The van der Waals surface area contributed by atoms with E-state index in [4.69, 9.17) is 0 Å². The van der Waals surface area contributed by atoms with Crippen LogP contribution in [0.4, 0.5) is 0 Å². The molecule has 2 aliphatic heterocycles. The average molecular weight is 373 g/mol. The lowest BCUT2D eigenvalue weighted by Crippen LogP contribution is -2.48. The van der Waals surface area contributed by atoms with Crippen molar-refractivity contribution in [2.24, 2.45) is 0 Å². The Morgan fingerprint density at radius 1 is 1.24 bits per heavy atom. The average Bonchev–Trinajstić information content (AvgIpc) is 2.76. The van der Waals surface area contributed by atoms with Crippen LogP contribution < -0.4 is 5.32 Å². The van der Waals surface area contributed by atoms with E-state index in [1.54, 1.807) is 17.4 Å². The Morgan fingerprint density at radius 2 is 1.86 bits per heavy atom. The molecule has 2 heterocycles. The van der Waals surface area contributed by atoms with E-state index in [-0.39, 0.29) is 6.04 Å². The van der Waals surface area contributed by atoms with Gasteiger partial charge in [0.25, 0.3) is 0 Å². The van der Waals surface area contributed by atoms with Crippen LogP contribution in [-0.4, -0.2) is 37.9 Å². The smallest absolute Gasteiger partial charge is 0.244 e. The highest BCUT2D eigenvalue weighted by molar-refractivity contribution is 9.10. The highest BCUT2D eigenvalue weighted by atomic mass is 79.9. The monoisotopic (exact) mass is 372 g/mol. The number of piperidine rings is 1. The number of hydrogen-bond acceptors (Lipinski definition) is 3. The van der Waals surface area contributed by atoms with Gasteiger partial charge in [0.05, 0.1) is 4.90 Å². The second kappa shape index (κ2) is 5.65. The number of rotatable bonds is 3. The van der Waals surface area contributed by atoms with Crippen LogP contribution >= 0.6 is 15.9 Å². The van der Waals surface area contributed by atoms with Crippen LogP contribution in [0.25, 0.3) is 0 Å². The first-order valence-electron chi connectivity index (χ1n) is 7.38. The molecule has 116 valence electrons. The van der Waals surface area contributed by atoms with Gasteiger partial charge in [-0.2, -0.15) is 4.31 Å². The quantitative estimate of drug-likeness (QED) is 0.886. The first kappa shape index (κ1) is 15.5. The first-order valence-corrected chi connectivity index (χ1v) is 9.61. The van der Waals surface area contributed by atoms with Gasteiger partial charge >= 0.3 is 0 Å². The summed E-state index contributed by atoms with van der Waals surface area (Å²) in [5.41, 5.74) is 1.04. The summed E-state index contributed by atoms with van der Waals surface area (Å²) in [5, 5.41) is 3.55. The molecular weight excluding hydrogens is 352 g/mol. The zero-order chi connectivity index (χ0) is 15.2. The van der Waals surface area contributed by atoms with E-state index in [0.717, 1.165) is 18.4 Å². The molecule has 1 N–H and O–H groups in total. The molecule has 0 radical (unpaired) electrons. The molecule has 0 aromatic heterocycles. The number of nitrogens with one attached hydrogen (secondary N) is 1. The Labute approximate surface area is 135 Å². The van der Waals surface area contributed by atoms with Crippen LogP contribution in [0.2, 0.25) is 0 Å². The van der Waals surface area contributed by atoms with Crippen LogP contribution in [0.1, 0.15) is 31.2 Å². The van der Waals surface area contributed by atoms with E-state index in [0.29, 0.717) is 21.5 Å². The lowest BCUT2D eigenvalue weighted by Gasteiger charge is -2.35. The van der Waals surface area contributed by atoms with Crippen molar-refractivity contribution >= 4 is 26.0 Å². The van der Waals surface area contributed by atoms with E-state index < -0.39 is 10.0 Å². The van der Waals surface area contributed by atoms with E-state index in [2.05, 4.69) is 21.2 Å². The zero-order valence-electron chi connectivity index (χ0n) is 12.3. The fourth-order valence-electron chi connectivity index (χ4n) is 3.49. The van der Waals surface area contributed by atoms with E-state index in [9.17, 15) is 8.42 Å². The van der Waals surface area contributed by atoms with E-state index in [1.165, 1.54) is 12.8 Å². The van der Waals surface area contributed by atoms with Gasteiger partial charge in [0.15, 0.2) is 0 Å². The molecule has 1 aromatic carbocycles. The van der Waals surface area contributed by atoms with E-state index in [1.807, 2.05) is 19.1 Å². The fourth-order valence-corrected chi connectivity index (χ4v) is 6.02. The second-order valence-corrected chi connectivity index (χ2v) is 9.04. The Hall–Kier alpha value is -0.430. The van der Waals surface area contributed by atoms with Gasteiger partial charge in [-0.25, -0.2) is 8.42 Å². The first-order chi connectivity index (χ1) is 9.88. The molecule has 2 atom stereocenters. The van der Waals surface area contributed by atoms with Crippen LogP contribution in [0.5, 0.6) is 0 Å². The third-order valence-electron chi connectivity index (χ3n) is 4.71. The molecule has 0 saturated carbocycles. The summed E-state index contributed by atoms with van der Waals surface area (Å²) in [6, 6.07) is 6.45. The predicted molar refractivity (Wildman–Crippen MR) is 86.8 cm³/mol. The van der Waals surface area contributed by atoms with Crippen molar-refractivity contribution in [1.82, 2.24) is 9.62 Å². The molecule has 2 fully saturated rings. The number of hydrogen-bond donors (Lipinski definition) is 1. The molecule has 4 nitrogen and oxygen atoms in total. The second-order valence-electron chi connectivity index (χ2n) is 6.22. The SMILES string of the molecule is Cc1ccc(S(=O)(=O)N(C)C2CC3CCC(C2)N3)c(Br)c1. The number of aryl methyl sites for hydroxylation is 1. The Bertz CT molecular complexity index is 635. The van der Waals surface area contributed by atoms with Gasteiger partial charge in [-0.1, -0.05) is 6.07 Å². The summed E-state index contributed by atoms with van der Waals surface area (Å²) >= 11 is 3.39. The number of halogens is 1. The minimum Gasteiger partial charge on any atom is -0.311 e. The number of benzene rings is 1. The highest BCUT2D eigenvalue weighted by Gasteiger charge is 2.39. The molecule has 21 heavy (non-hydrogen) atoms. The largest absolute Gasteiger partial charge is 0.311 e. The third-order valence-corrected chi connectivity index (χ3v) is 7.59. The molecule has 3 rings (SSSR count). The van der Waals surface area contributed by atoms with Gasteiger partial charge in [-0.05, 0) is 66.2 Å². The van der Waals surface area contributed by atoms with Crippen molar-refractivity contribution in [2.75, 3.05) is 7.05 Å². The van der Waals surface area contributed by atoms with Gasteiger partial charge in [-0.3, -0.25) is 0 Å². The number of nitrogens with zero attached hydrogens (tertiary/aromatic N) is 1. The van der Waals surface area contributed by atoms with Crippen molar-refractivity contribution in [1.29, 1.82) is 0 Å². The third kappa shape index (κ3) is 2.91. The van der Waals surface area contributed by atoms with Crippen molar-refractivity contribution in [3.8, 4) is 0 Å². The Balaban J connectivity index is 1.87. The fraction of sp³-hybridized carbons (Fsp3) is 0.600. The molecule has 0 aliphatic carbocycles. The van der Waals surface area contributed by atoms with Crippen molar-refractivity contribution in [2.45, 2.75) is 55.6 Å². The Morgan fingerprint density at radius 3 is 2.43 bits per heavy atom. The van der Waals surface area contributed by atoms with Crippen LogP contribution in [0, 0.1) is 6.92 Å². The van der Waals surface area contributed by atoms with Gasteiger partial charge in [0.1, 0.15) is 0 Å². The van der Waals surface area contributed by atoms with Gasteiger partial charge < -0.3 is 5.32 Å². The van der Waals surface area contributed by atoms with Crippen LogP contribution in [-0.2, 0) is 10.0 Å². The predicted octanol–water partition coefficient (Wildman–Crippen LogP) is 2.66. The lowest BCUT2D eigenvalue weighted by molar-refractivity contribution is 0.251. The van der Waals surface area contributed by atoms with E-state index >= 15 is 0 Å². The van der Waals surface area contributed by atoms with Crippen molar-refractivity contribution < 1.29 is 8.42 Å². The number of fused-ring (bicyclic) bond motifs is 2. The highest BCUT2D eigenvalue weighted by Crippen LogP contribution is 2.33. The zero-order valence-corrected chi connectivity index (χ0v) is 14.7. The minimum absolute atomic E-state index is 0.0990. The molecule has 6 heteroatoms. The number of sulfonamides is 1. The van der Waals surface area contributed by atoms with Gasteiger partial charge in [0, 0.05) is 29.6 Å².